The third kappa shape index (κ3) is 4.58. The highest BCUT2D eigenvalue weighted by Gasteiger charge is 2.13. The minimum atomic E-state index is -0.725. The van der Waals surface area contributed by atoms with Gasteiger partial charge in [-0.3, -0.25) is 9.59 Å². The predicted octanol–water partition coefficient (Wildman–Crippen LogP) is 2.05. The van der Waals surface area contributed by atoms with Crippen LogP contribution >= 0.6 is 11.6 Å². The Morgan fingerprint density at radius 2 is 1.68 bits per heavy atom. The van der Waals surface area contributed by atoms with Crippen LogP contribution in [-0.2, 0) is 22.7 Å². The lowest BCUT2D eigenvalue weighted by Crippen LogP contribution is -2.34. The number of nitrogens with two attached hydrogens (primary N) is 1. The standard InChI is InChI=1S/C16H16ClN3O2/c17-13-4-6-14(7-5-13)20-16(22)15(21)19-10-12-3-1-2-11(8-12)9-18/h1-8H,9-10,18H2,(H,19,21)(H,20,22). The number of benzene rings is 2. The second-order valence-electron chi connectivity index (χ2n) is 4.67. The van der Waals surface area contributed by atoms with E-state index < -0.39 is 11.8 Å². The summed E-state index contributed by atoms with van der Waals surface area (Å²) in [6.07, 6.45) is 0. The molecule has 0 bridgehead atoms. The summed E-state index contributed by atoms with van der Waals surface area (Å²) in [6.45, 7) is 0.694. The van der Waals surface area contributed by atoms with E-state index in [1.165, 1.54) is 0 Å². The first-order chi connectivity index (χ1) is 10.6. The third-order valence-corrected chi connectivity index (χ3v) is 3.24. The van der Waals surface area contributed by atoms with Crippen molar-refractivity contribution in [3.8, 4) is 0 Å². The van der Waals surface area contributed by atoms with E-state index in [1.54, 1.807) is 24.3 Å². The topological polar surface area (TPSA) is 84.2 Å². The minimum Gasteiger partial charge on any atom is -0.344 e. The molecule has 0 spiro atoms. The van der Waals surface area contributed by atoms with E-state index in [9.17, 15) is 9.59 Å². The molecule has 0 fully saturated rings. The van der Waals surface area contributed by atoms with Crippen LogP contribution in [0.4, 0.5) is 5.69 Å². The summed E-state index contributed by atoms with van der Waals surface area (Å²) in [5.41, 5.74) is 7.92. The summed E-state index contributed by atoms with van der Waals surface area (Å²) in [5, 5.41) is 5.62. The summed E-state index contributed by atoms with van der Waals surface area (Å²) in [4.78, 5) is 23.5. The highest BCUT2D eigenvalue weighted by atomic mass is 35.5. The summed E-state index contributed by atoms with van der Waals surface area (Å²) < 4.78 is 0. The van der Waals surface area contributed by atoms with E-state index in [-0.39, 0.29) is 6.54 Å². The Hall–Kier alpha value is -2.37. The second kappa shape index (κ2) is 7.59. The van der Waals surface area contributed by atoms with Crippen molar-refractivity contribution in [1.82, 2.24) is 5.32 Å². The van der Waals surface area contributed by atoms with Gasteiger partial charge in [-0.05, 0) is 35.4 Å². The number of anilines is 1. The van der Waals surface area contributed by atoms with Gasteiger partial charge in [0, 0.05) is 23.8 Å². The van der Waals surface area contributed by atoms with Gasteiger partial charge >= 0.3 is 11.8 Å². The highest BCUT2D eigenvalue weighted by molar-refractivity contribution is 6.39. The summed E-state index contributed by atoms with van der Waals surface area (Å²) >= 11 is 5.75. The van der Waals surface area contributed by atoms with Crippen molar-refractivity contribution in [1.29, 1.82) is 0 Å². The van der Waals surface area contributed by atoms with Crippen LogP contribution in [-0.4, -0.2) is 11.8 Å². The zero-order valence-corrected chi connectivity index (χ0v) is 12.6. The van der Waals surface area contributed by atoms with E-state index in [1.807, 2.05) is 24.3 Å². The molecular weight excluding hydrogens is 302 g/mol. The highest BCUT2D eigenvalue weighted by Crippen LogP contribution is 2.13. The van der Waals surface area contributed by atoms with Crippen molar-refractivity contribution < 1.29 is 9.59 Å². The molecule has 5 nitrogen and oxygen atoms in total. The van der Waals surface area contributed by atoms with Gasteiger partial charge in [-0.15, -0.1) is 0 Å². The van der Waals surface area contributed by atoms with E-state index in [4.69, 9.17) is 17.3 Å². The zero-order chi connectivity index (χ0) is 15.9. The summed E-state index contributed by atoms with van der Waals surface area (Å²) in [5.74, 6) is -1.43. The largest absolute Gasteiger partial charge is 0.344 e. The number of hydrogen-bond donors (Lipinski definition) is 3. The minimum absolute atomic E-state index is 0.265. The van der Waals surface area contributed by atoms with Crippen LogP contribution in [0.25, 0.3) is 0 Å². The number of hydrogen-bond acceptors (Lipinski definition) is 3. The molecule has 0 aliphatic carbocycles. The molecule has 4 N–H and O–H groups in total. The van der Waals surface area contributed by atoms with Gasteiger partial charge in [0.05, 0.1) is 0 Å². The molecule has 0 saturated carbocycles. The van der Waals surface area contributed by atoms with Gasteiger partial charge in [-0.25, -0.2) is 0 Å². The van der Waals surface area contributed by atoms with Crippen molar-refractivity contribution in [3.05, 3.63) is 64.7 Å². The van der Waals surface area contributed by atoms with Gasteiger partial charge in [-0.1, -0.05) is 35.9 Å². The average Bonchev–Trinajstić information content (AvgIpc) is 2.54. The van der Waals surface area contributed by atoms with E-state index in [2.05, 4.69) is 10.6 Å². The van der Waals surface area contributed by atoms with E-state index in [0.29, 0.717) is 17.3 Å². The molecule has 2 rings (SSSR count). The normalized spacial score (nSPS) is 10.1. The Bertz CT molecular complexity index is 671. The molecule has 0 aliphatic heterocycles. The maximum absolute atomic E-state index is 11.8. The number of carbonyl (C=O) groups excluding carboxylic acids is 2. The molecule has 0 saturated heterocycles. The van der Waals surface area contributed by atoms with Gasteiger partial charge in [-0.2, -0.15) is 0 Å². The molecule has 0 radical (unpaired) electrons. The lowest BCUT2D eigenvalue weighted by atomic mass is 10.1. The van der Waals surface area contributed by atoms with Crippen LogP contribution in [0.3, 0.4) is 0 Å². The van der Waals surface area contributed by atoms with Gasteiger partial charge in [0.2, 0.25) is 0 Å². The average molecular weight is 318 g/mol. The fourth-order valence-corrected chi connectivity index (χ4v) is 1.98. The Morgan fingerprint density at radius 3 is 2.36 bits per heavy atom. The molecule has 6 heteroatoms. The summed E-state index contributed by atoms with van der Waals surface area (Å²) in [6, 6.07) is 14.0. The SMILES string of the molecule is NCc1cccc(CNC(=O)C(=O)Nc2ccc(Cl)cc2)c1. The molecule has 2 aromatic rings. The van der Waals surface area contributed by atoms with Crippen LogP contribution in [0.15, 0.2) is 48.5 Å². The van der Waals surface area contributed by atoms with Crippen molar-refractivity contribution in [2.24, 2.45) is 5.73 Å². The maximum Gasteiger partial charge on any atom is 0.313 e. The van der Waals surface area contributed by atoms with Crippen LogP contribution in [0.2, 0.25) is 5.02 Å². The van der Waals surface area contributed by atoms with Gasteiger partial charge in [0.15, 0.2) is 0 Å². The van der Waals surface area contributed by atoms with E-state index in [0.717, 1.165) is 11.1 Å². The van der Waals surface area contributed by atoms with E-state index >= 15 is 0 Å². The van der Waals surface area contributed by atoms with Crippen LogP contribution in [0, 0.1) is 0 Å². The molecule has 22 heavy (non-hydrogen) atoms. The number of amides is 2. The number of nitrogens with one attached hydrogen (secondary N) is 2. The Balaban J connectivity index is 1.88. The quantitative estimate of drug-likeness (QED) is 0.755. The lowest BCUT2D eigenvalue weighted by Gasteiger charge is -2.07. The van der Waals surface area contributed by atoms with Crippen LogP contribution in [0.5, 0.6) is 0 Å². The molecule has 0 heterocycles. The molecule has 2 amide bonds. The van der Waals surface area contributed by atoms with Crippen molar-refractivity contribution in [2.45, 2.75) is 13.1 Å². The smallest absolute Gasteiger partial charge is 0.313 e. The first-order valence-electron chi connectivity index (χ1n) is 6.71. The Labute approximate surface area is 133 Å². The van der Waals surface area contributed by atoms with Crippen LogP contribution < -0.4 is 16.4 Å². The third-order valence-electron chi connectivity index (χ3n) is 2.99. The molecular formula is C16H16ClN3O2. The number of halogens is 1. The summed E-state index contributed by atoms with van der Waals surface area (Å²) in [7, 11) is 0. The predicted molar refractivity (Wildman–Crippen MR) is 86.3 cm³/mol. The van der Waals surface area contributed by atoms with Crippen molar-refractivity contribution >= 4 is 29.1 Å². The van der Waals surface area contributed by atoms with Crippen LogP contribution in [0.1, 0.15) is 11.1 Å². The van der Waals surface area contributed by atoms with Gasteiger partial charge in [0.25, 0.3) is 0 Å². The Kier molecular flexibility index (Phi) is 5.52. The molecule has 0 unspecified atom stereocenters. The Morgan fingerprint density at radius 1 is 1.00 bits per heavy atom. The first kappa shape index (κ1) is 16.0. The number of rotatable bonds is 4. The molecule has 0 atom stereocenters. The first-order valence-corrected chi connectivity index (χ1v) is 7.09. The molecule has 0 aliphatic rings. The fraction of sp³-hybridized carbons (Fsp3) is 0.125. The lowest BCUT2D eigenvalue weighted by molar-refractivity contribution is -0.136. The van der Waals surface area contributed by atoms with Gasteiger partial charge < -0.3 is 16.4 Å². The molecule has 2 aromatic carbocycles. The molecule has 114 valence electrons. The zero-order valence-electron chi connectivity index (χ0n) is 11.8. The maximum atomic E-state index is 11.8. The van der Waals surface area contributed by atoms with Crippen molar-refractivity contribution in [2.75, 3.05) is 5.32 Å². The second-order valence-corrected chi connectivity index (χ2v) is 5.10. The number of carbonyl (C=O) groups is 2. The van der Waals surface area contributed by atoms with Gasteiger partial charge in [0.1, 0.15) is 0 Å². The monoisotopic (exact) mass is 317 g/mol. The van der Waals surface area contributed by atoms with Crippen molar-refractivity contribution in [3.63, 3.8) is 0 Å². The molecule has 0 aromatic heterocycles. The fourth-order valence-electron chi connectivity index (χ4n) is 1.85.